The van der Waals surface area contributed by atoms with E-state index in [2.05, 4.69) is 24.1 Å². The van der Waals surface area contributed by atoms with Crippen LogP contribution in [0.25, 0.3) is 0 Å². The monoisotopic (exact) mass is 234 g/mol. The number of anilines is 1. The average molecular weight is 234 g/mol. The smallest absolute Gasteiger partial charge is 0.238 e. The van der Waals surface area contributed by atoms with Gasteiger partial charge in [0.15, 0.2) is 0 Å². The Bertz CT molecular complexity index is 318. The number of nitrogens with one attached hydrogen (secondary N) is 1. The fourth-order valence-electron chi connectivity index (χ4n) is 1.83. The Morgan fingerprint density at radius 2 is 1.71 bits per heavy atom. The number of hydrogen-bond donors (Lipinski definition) is 1. The fourth-order valence-corrected chi connectivity index (χ4v) is 1.83. The largest absolute Gasteiger partial charge is 0.325 e. The Hall–Kier alpha value is -1.35. The van der Waals surface area contributed by atoms with E-state index in [1.165, 1.54) is 0 Å². The van der Waals surface area contributed by atoms with Crippen molar-refractivity contribution in [1.29, 1.82) is 0 Å². The van der Waals surface area contributed by atoms with Crippen molar-refractivity contribution in [3.63, 3.8) is 0 Å². The van der Waals surface area contributed by atoms with Gasteiger partial charge in [-0.05, 0) is 38.1 Å². The van der Waals surface area contributed by atoms with Crippen LogP contribution < -0.4 is 5.32 Å². The second-order valence-electron chi connectivity index (χ2n) is 4.19. The minimum Gasteiger partial charge on any atom is -0.325 e. The number of rotatable bonds is 7. The van der Waals surface area contributed by atoms with E-state index in [4.69, 9.17) is 0 Å². The minimum atomic E-state index is 0.0677. The molecule has 0 spiro atoms. The van der Waals surface area contributed by atoms with Crippen molar-refractivity contribution in [2.45, 2.75) is 26.7 Å². The molecular formula is C14H22N2O. The van der Waals surface area contributed by atoms with Crippen LogP contribution in [0.4, 0.5) is 5.69 Å². The van der Waals surface area contributed by atoms with Crippen LogP contribution in [0.1, 0.15) is 26.7 Å². The summed E-state index contributed by atoms with van der Waals surface area (Å²) in [5.41, 5.74) is 0.866. The van der Waals surface area contributed by atoms with Crippen LogP contribution in [0.5, 0.6) is 0 Å². The second-order valence-corrected chi connectivity index (χ2v) is 4.19. The molecule has 0 aromatic heterocycles. The van der Waals surface area contributed by atoms with E-state index in [-0.39, 0.29) is 5.91 Å². The van der Waals surface area contributed by atoms with Crippen molar-refractivity contribution < 1.29 is 4.79 Å². The SMILES string of the molecule is CCCN(CCC)CC(=O)Nc1ccccc1. The Labute approximate surface area is 104 Å². The summed E-state index contributed by atoms with van der Waals surface area (Å²) in [6.07, 6.45) is 2.16. The van der Waals surface area contributed by atoms with Gasteiger partial charge in [-0.15, -0.1) is 0 Å². The van der Waals surface area contributed by atoms with Gasteiger partial charge in [0, 0.05) is 5.69 Å². The lowest BCUT2D eigenvalue weighted by Gasteiger charge is -2.20. The topological polar surface area (TPSA) is 32.3 Å². The molecule has 17 heavy (non-hydrogen) atoms. The molecule has 0 bridgehead atoms. The van der Waals surface area contributed by atoms with Crippen LogP contribution in [0.3, 0.4) is 0 Å². The lowest BCUT2D eigenvalue weighted by Crippen LogP contribution is -2.34. The molecule has 3 heteroatoms. The first kappa shape index (κ1) is 13.7. The van der Waals surface area contributed by atoms with Crippen LogP contribution >= 0.6 is 0 Å². The molecule has 0 aliphatic rings. The van der Waals surface area contributed by atoms with Gasteiger partial charge < -0.3 is 5.32 Å². The molecule has 1 aromatic rings. The summed E-state index contributed by atoms with van der Waals surface area (Å²) in [5.74, 6) is 0.0677. The number of carbonyl (C=O) groups is 1. The number of amides is 1. The van der Waals surface area contributed by atoms with Crippen molar-refractivity contribution in [2.24, 2.45) is 0 Å². The Kier molecular flexibility index (Phi) is 6.33. The van der Waals surface area contributed by atoms with Crippen molar-refractivity contribution in [2.75, 3.05) is 25.0 Å². The van der Waals surface area contributed by atoms with Crippen molar-refractivity contribution in [3.05, 3.63) is 30.3 Å². The first-order valence-corrected chi connectivity index (χ1v) is 6.33. The molecule has 0 aliphatic heterocycles. The number of benzene rings is 1. The maximum absolute atomic E-state index is 11.8. The standard InChI is InChI=1S/C14H22N2O/c1-3-10-16(11-4-2)12-14(17)15-13-8-6-5-7-9-13/h5-9H,3-4,10-12H2,1-2H3,(H,15,17). The van der Waals surface area contributed by atoms with Gasteiger partial charge in [0.05, 0.1) is 6.54 Å². The molecule has 94 valence electrons. The lowest BCUT2D eigenvalue weighted by molar-refractivity contribution is -0.117. The average Bonchev–Trinajstić information content (AvgIpc) is 2.30. The summed E-state index contributed by atoms with van der Waals surface area (Å²) in [4.78, 5) is 14.0. The van der Waals surface area contributed by atoms with Gasteiger partial charge in [-0.2, -0.15) is 0 Å². The highest BCUT2D eigenvalue weighted by Crippen LogP contribution is 2.05. The molecule has 3 nitrogen and oxygen atoms in total. The molecule has 1 amide bonds. The van der Waals surface area contributed by atoms with Crippen molar-refractivity contribution >= 4 is 11.6 Å². The number of carbonyl (C=O) groups excluding carboxylic acids is 1. The molecule has 0 fully saturated rings. The first-order valence-electron chi connectivity index (χ1n) is 6.33. The number of nitrogens with zero attached hydrogens (tertiary/aromatic N) is 1. The van der Waals surface area contributed by atoms with Crippen molar-refractivity contribution in [1.82, 2.24) is 4.90 Å². The molecule has 0 unspecified atom stereocenters. The Morgan fingerprint density at radius 1 is 1.12 bits per heavy atom. The fraction of sp³-hybridized carbons (Fsp3) is 0.500. The zero-order chi connectivity index (χ0) is 12.5. The quantitative estimate of drug-likeness (QED) is 0.786. The van der Waals surface area contributed by atoms with E-state index in [0.29, 0.717) is 6.54 Å². The van der Waals surface area contributed by atoms with Gasteiger partial charge >= 0.3 is 0 Å². The summed E-state index contributed by atoms with van der Waals surface area (Å²) in [6, 6.07) is 9.59. The zero-order valence-corrected chi connectivity index (χ0v) is 10.8. The Balaban J connectivity index is 2.42. The van der Waals surface area contributed by atoms with Crippen LogP contribution in [0.2, 0.25) is 0 Å². The number of para-hydroxylation sites is 1. The first-order chi connectivity index (χ1) is 8.26. The summed E-state index contributed by atoms with van der Waals surface area (Å²) < 4.78 is 0. The molecule has 0 saturated heterocycles. The summed E-state index contributed by atoms with van der Waals surface area (Å²) in [6.45, 7) is 6.72. The molecular weight excluding hydrogens is 212 g/mol. The maximum atomic E-state index is 11.8. The van der Waals surface area contributed by atoms with Crippen molar-refractivity contribution in [3.8, 4) is 0 Å². The number of hydrogen-bond acceptors (Lipinski definition) is 2. The van der Waals surface area contributed by atoms with Crippen LogP contribution in [-0.2, 0) is 4.79 Å². The van der Waals surface area contributed by atoms with Crippen LogP contribution in [0, 0.1) is 0 Å². The molecule has 0 aliphatic carbocycles. The van der Waals surface area contributed by atoms with E-state index in [0.717, 1.165) is 31.6 Å². The highest BCUT2D eigenvalue weighted by atomic mass is 16.2. The van der Waals surface area contributed by atoms with E-state index < -0.39 is 0 Å². The zero-order valence-electron chi connectivity index (χ0n) is 10.8. The molecule has 1 rings (SSSR count). The molecule has 0 atom stereocenters. The van der Waals surface area contributed by atoms with Gasteiger partial charge in [-0.25, -0.2) is 0 Å². The summed E-state index contributed by atoms with van der Waals surface area (Å²) >= 11 is 0. The predicted octanol–water partition coefficient (Wildman–Crippen LogP) is 2.75. The van der Waals surface area contributed by atoms with E-state index in [1.54, 1.807) is 0 Å². The molecule has 0 saturated carbocycles. The third-order valence-corrected chi connectivity index (χ3v) is 2.50. The molecule has 0 heterocycles. The maximum Gasteiger partial charge on any atom is 0.238 e. The van der Waals surface area contributed by atoms with Gasteiger partial charge in [0.1, 0.15) is 0 Å². The lowest BCUT2D eigenvalue weighted by atomic mass is 10.3. The second kappa shape index (κ2) is 7.85. The predicted molar refractivity (Wildman–Crippen MR) is 72.1 cm³/mol. The van der Waals surface area contributed by atoms with E-state index in [9.17, 15) is 4.79 Å². The summed E-state index contributed by atoms with van der Waals surface area (Å²) in [5, 5.41) is 2.91. The molecule has 1 N–H and O–H groups in total. The molecule has 0 radical (unpaired) electrons. The van der Waals surface area contributed by atoms with Gasteiger partial charge in [0.2, 0.25) is 5.91 Å². The summed E-state index contributed by atoms with van der Waals surface area (Å²) in [7, 11) is 0. The van der Waals surface area contributed by atoms with E-state index >= 15 is 0 Å². The van der Waals surface area contributed by atoms with Crippen LogP contribution in [0.15, 0.2) is 30.3 Å². The normalized spacial score (nSPS) is 10.5. The van der Waals surface area contributed by atoms with Gasteiger partial charge in [-0.3, -0.25) is 9.69 Å². The third kappa shape index (κ3) is 5.50. The van der Waals surface area contributed by atoms with Gasteiger partial charge in [0.25, 0.3) is 0 Å². The van der Waals surface area contributed by atoms with Crippen LogP contribution in [-0.4, -0.2) is 30.4 Å². The highest BCUT2D eigenvalue weighted by Gasteiger charge is 2.08. The van der Waals surface area contributed by atoms with Gasteiger partial charge in [-0.1, -0.05) is 32.0 Å². The minimum absolute atomic E-state index is 0.0677. The Morgan fingerprint density at radius 3 is 2.24 bits per heavy atom. The van der Waals surface area contributed by atoms with E-state index in [1.807, 2.05) is 30.3 Å². The third-order valence-electron chi connectivity index (χ3n) is 2.50. The highest BCUT2D eigenvalue weighted by molar-refractivity contribution is 5.92. The molecule has 1 aromatic carbocycles.